The first kappa shape index (κ1) is 14.3. The lowest BCUT2D eigenvalue weighted by Crippen LogP contribution is -2.43. The van der Waals surface area contributed by atoms with Crippen LogP contribution in [-0.2, 0) is 4.79 Å². The number of thiophene rings is 1. The number of rotatable bonds is 4. The van der Waals surface area contributed by atoms with E-state index in [1.807, 2.05) is 11.4 Å². The predicted molar refractivity (Wildman–Crippen MR) is 82.4 cm³/mol. The molecule has 0 saturated heterocycles. The fraction of sp³-hybridized carbons (Fsp3) is 0.385. The number of carbonyl (C=O) groups is 2. The molecule has 1 aliphatic carbocycles. The van der Waals surface area contributed by atoms with Crippen molar-refractivity contribution in [3.8, 4) is 0 Å². The van der Waals surface area contributed by atoms with Crippen molar-refractivity contribution in [1.29, 1.82) is 0 Å². The van der Waals surface area contributed by atoms with Crippen LogP contribution < -0.4 is 10.6 Å². The molecule has 3 rings (SSSR count). The van der Waals surface area contributed by atoms with E-state index in [2.05, 4.69) is 20.6 Å². The Hall–Kier alpha value is -1.67. The van der Waals surface area contributed by atoms with E-state index in [9.17, 15) is 9.59 Å². The first-order chi connectivity index (χ1) is 10.1. The van der Waals surface area contributed by atoms with Crippen molar-refractivity contribution in [3.05, 3.63) is 17.8 Å². The maximum atomic E-state index is 12.0. The van der Waals surface area contributed by atoms with Gasteiger partial charge in [0.1, 0.15) is 11.4 Å². The number of carbonyl (C=O) groups excluding carboxylic acids is 2. The van der Waals surface area contributed by atoms with Crippen LogP contribution in [0.15, 0.2) is 22.8 Å². The van der Waals surface area contributed by atoms with Gasteiger partial charge in [0.25, 0.3) is 0 Å². The van der Waals surface area contributed by atoms with Crippen LogP contribution in [0.4, 0.5) is 4.79 Å². The average molecular weight is 322 g/mol. The molecule has 110 valence electrons. The van der Waals surface area contributed by atoms with Crippen LogP contribution >= 0.6 is 23.1 Å². The highest BCUT2D eigenvalue weighted by Crippen LogP contribution is 2.31. The molecule has 3 amide bonds. The molecule has 1 atom stereocenters. The summed E-state index contributed by atoms with van der Waals surface area (Å²) < 4.78 is 0.963. The second-order valence-corrected chi connectivity index (χ2v) is 7.06. The maximum Gasteiger partial charge on any atom is 0.321 e. The van der Waals surface area contributed by atoms with Gasteiger partial charge in [0.05, 0.1) is 15.5 Å². The number of nitrogens with one attached hydrogen (secondary N) is 2. The molecule has 1 unspecified atom stereocenters. The molecule has 21 heavy (non-hydrogen) atoms. The predicted octanol–water partition coefficient (Wildman–Crippen LogP) is 2.16. The summed E-state index contributed by atoms with van der Waals surface area (Å²) in [4.78, 5) is 31.9. The highest BCUT2D eigenvalue weighted by Gasteiger charge is 2.25. The van der Waals surface area contributed by atoms with Gasteiger partial charge in [-0.05, 0) is 31.2 Å². The van der Waals surface area contributed by atoms with E-state index in [4.69, 9.17) is 0 Å². The maximum absolute atomic E-state index is 12.0. The van der Waals surface area contributed by atoms with Gasteiger partial charge in [-0.25, -0.2) is 14.8 Å². The van der Waals surface area contributed by atoms with Gasteiger partial charge < -0.3 is 5.32 Å². The molecule has 0 bridgehead atoms. The van der Waals surface area contributed by atoms with Crippen LogP contribution in [0.3, 0.4) is 0 Å². The molecule has 8 heteroatoms. The summed E-state index contributed by atoms with van der Waals surface area (Å²) in [6.45, 7) is 1.76. The standard InChI is InChI=1S/C13H14N4O2S2/c1-7(11(18)17-13(19)16-8-2-3-8)21-12-10-9(4-5-20-10)14-6-15-12/h4-8H,2-3H2,1H3,(H2,16,17,18,19). The molecule has 1 fully saturated rings. The zero-order chi connectivity index (χ0) is 14.8. The van der Waals surface area contributed by atoms with Gasteiger partial charge in [-0.1, -0.05) is 11.8 Å². The Labute approximate surface area is 129 Å². The molecule has 6 nitrogen and oxygen atoms in total. The van der Waals surface area contributed by atoms with Crippen molar-refractivity contribution in [2.45, 2.75) is 36.1 Å². The number of aromatic nitrogens is 2. The summed E-state index contributed by atoms with van der Waals surface area (Å²) in [6.07, 6.45) is 3.47. The van der Waals surface area contributed by atoms with Crippen molar-refractivity contribution in [3.63, 3.8) is 0 Å². The topological polar surface area (TPSA) is 84.0 Å². The Kier molecular flexibility index (Phi) is 4.07. The summed E-state index contributed by atoms with van der Waals surface area (Å²) in [5.41, 5.74) is 0.872. The van der Waals surface area contributed by atoms with Gasteiger partial charge in [-0.15, -0.1) is 11.3 Å². The van der Waals surface area contributed by atoms with Crippen LogP contribution in [-0.4, -0.2) is 33.2 Å². The molecule has 0 radical (unpaired) electrons. The van der Waals surface area contributed by atoms with Crippen LogP contribution in [0.25, 0.3) is 10.2 Å². The molecule has 2 aromatic rings. The van der Waals surface area contributed by atoms with Crippen molar-refractivity contribution in [2.24, 2.45) is 0 Å². The van der Waals surface area contributed by atoms with E-state index in [0.29, 0.717) is 0 Å². The van der Waals surface area contributed by atoms with Gasteiger partial charge >= 0.3 is 6.03 Å². The van der Waals surface area contributed by atoms with E-state index >= 15 is 0 Å². The summed E-state index contributed by atoms with van der Waals surface area (Å²) in [5.74, 6) is -0.318. The number of nitrogens with zero attached hydrogens (tertiary/aromatic N) is 2. The lowest BCUT2D eigenvalue weighted by Gasteiger charge is -2.11. The minimum absolute atomic E-state index is 0.230. The van der Waals surface area contributed by atoms with Crippen LogP contribution in [0.2, 0.25) is 0 Å². The molecule has 1 aliphatic rings. The normalized spacial score (nSPS) is 15.7. The van der Waals surface area contributed by atoms with E-state index < -0.39 is 11.3 Å². The minimum Gasteiger partial charge on any atom is -0.335 e. The lowest BCUT2D eigenvalue weighted by atomic mass is 10.4. The fourth-order valence-electron chi connectivity index (χ4n) is 1.73. The second kappa shape index (κ2) is 5.98. The number of thioether (sulfide) groups is 1. The van der Waals surface area contributed by atoms with Crippen molar-refractivity contribution in [2.75, 3.05) is 0 Å². The number of hydrogen-bond donors (Lipinski definition) is 2. The summed E-state index contributed by atoms with van der Waals surface area (Å²) in [6, 6.07) is 1.73. The van der Waals surface area contributed by atoms with Gasteiger partial charge in [-0.2, -0.15) is 0 Å². The Morgan fingerprint density at radius 2 is 2.24 bits per heavy atom. The SMILES string of the molecule is CC(Sc1ncnc2ccsc12)C(=O)NC(=O)NC1CC1. The minimum atomic E-state index is -0.418. The van der Waals surface area contributed by atoms with Crippen molar-refractivity contribution >= 4 is 45.3 Å². The Bertz CT molecular complexity index is 684. The first-order valence-corrected chi connectivity index (χ1v) is 8.35. The van der Waals surface area contributed by atoms with E-state index in [1.54, 1.807) is 18.3 Å². The zero-order valence-electron chi connectivity index (χ0n) is 11.3. The monoisotopic (exact) mass is 322 g/mol. The van der Waals surface area contributed by atoms with Crippen LogP contribution in [0.5, 0.6) is 0 Å². The van der Waals surface area contributed by atoms with Gasteiger partial charge in [0.15, 0.2) is 0 Å². The number of amides is 3. The number of hydrogen-bond acceptors (Lipinski definition) is 6. The molecule has 2 heterocycles. The fourth-order valence-corrected chi connectivity index (χ4v) is 3.57. The molecule has 0 aliphatic heterocycles. The van der Waals surface area contributed by atoms with E-state index in [1.165, 1.54) is 18.1 Å². The van der Waals surface area contributed by atoms with Gasteiger partial charge in [0, 0.05) is 6.04 Å². The first-order valence-electron chi connectivity index (χ1n) is 6.59. The van der Waals surface area contributed by atoms with Crippen LogP contribution in [0, 0.1) is 0 Å². The quantitative estimate of drug-likeness (QED) is 0.666. The Morgan fingerprint density at radius 1 is 1.43 bits per heavy atom. The summed E-state index contributed by atoms with van der Waals surface area (Å²) in [5, 5.41) is 7.39. The molecule has 2 N–H and O–H groups in total. The highest BCUT2D eigenvalue weighted by atomic mass is 32.2. The number of urea groups is 1. The smallest absolute Gasteiger partial charge is 0.321 e. The Balaban J connectivity index is 1.62. The zero-order valence-corrected chi connectivity index (χ0v) is 13.0. The summed E-state index contributed by atoms with van der Waals surface area (Å²) >= 11 is 2.87. The second-order valence-electron chi connectivity index (χ2n) is 4.81. The van der Waals surface area contributed by atoms with Gasteiger partial charge in [0.2, 0.25) is 5.91 Å². The number of fused-ring (bicyclic) bond motifs is 1. The lowest BCUT2D eigenvalue weighted by molar-refractivity contribution is -0.119. The third-order valence-corrected chi connectivity index (χ3v) is 5.16. The third kappa shape index (κ3) is 3.51. The Morgan fingerprint density at radius 3 is 3.00 bits per heavy atom. The number of imide groups is 1. The third-order valence-electron chi connectivity index (χ3n) is 3.02. The molecule has 0 aromatic carbocycles. The van der Waals surface area contributed by atoms with E-state index in [0.717, 1.165) is 28.1 Å². The largest absolute Gasteiger partial charge is 0.335 e. The molecule has 1 saturated carbocycles. The molecule has 2 aromatic heterocycles. The average Bonchev–Trinajstić information content (AvgIpc) is 3.12. The molecular weight excluding hydrogens is 308 g/mol. The molecular formula is C13H14N4O2S2. The van der Waals surface area contributed by atoms with E-state index in [-0.39, 0.29) is 11.9 Å². The van der Waals surface area contributed by atoms with Crippen molar-refractivity contribution < 1.29 is 9.59 Å². The van der Waals surface area contributed by atoms with Gasteiger partial charge in [-0.3, -0.25) is 10.1 Å². The van der Waals surface area contributed by atoms with Crippen molar-refractivity contribution in [1.82, 2.24) is 20.6 Å². The summed E-state index contributed by atoms with van der Waals surface area (Å²) in [7, 11) is 0. The van der Waals surface area contributed by atoms with Crippen LogP contribution in [0.1, 0.15) is 19.8 Å². The molecule has 0 spiro atoms. The highest BCUT2D eigenvalue weighted by molar-refractivity contribution is 8.00.